The normalized spacial score (nSPS) is 11.0. The van der Waals surface area contributed by atoms with E-state index in [9.17, 15) is 9.59 Å². The summed E-state index contributed by atoms with van der Waals surface area (Å²) < 4.78 is 5.76. The molecule has 26 heavy (non-hydrogen) atoms. The van der Waals surface area contributed by atoms with Crippen LogP contribution in [0.1, 0.15) is 13.8 Å². The molecule has 0 aliphatic heterocycles. The molecule has 0 spiro atoms. The Morgan fingerprint density at radius 2 is 1.50 bits per heavy atom. The second-order valence-electron chi connectivity index (χ2n) is 6.28. The van der Waals surface area contributed by atoms with E-state index in [1.54, 1.807) is 69.4 Å². The second-order valence-corrected chi connectivity index (χ2v) is 7.16. The van der Waals surface area contributed by atoms with E-state index >= 15 is 0 Å². The maximum absolute atomic E-state index is 12.6. The lowest BCUT2D eigenvalue weighted by Crippen LogP contribution is -2.49. The minimum absolute atomic E-state index is 0.102. The van der Waals surface area contributed by atoms with Gasteiger partial charge in [0.25, 0.3) is 5.91 Å². The van der Waals surface area contributed by atoms with Gasteiger partial charge in [0.05, 0.1) is 6.54 Å². The van der Waals surface area contributed by atoms with Crippen molar-refractivity contribution in [3.05, 3.63) is 58.6 Å². The van der Waals surface area contributed by atoms with Gasteiger partial charge in [0.1, 0.15) is 5.75 Å². The average molecular weight is 395 g/mol. The molecule has 0 unspecified atom stereocenters. The van der Waals surface area contributed by atoms with Crippen LogP contribution in [0.15, 0.2) is 48.5 Å². The Bertz CT molecular complexity index is 774. The molecule has 2 aromatic rings. The third-order valence-corrected chi connectivity index (χ3v) is 4.06. The standard InChI is InChI=1S/C19H20Cl2N2O3/c1-19(2,26-16-10-6-14(21)7-11-16)18(25)23(3)12-17(24)22-15-8-4-13(20)5-9-15/h4-11H,12H2,1-3H3,(H,22,24). The molecule has 0 saturated carbocycles. The monoisotopic (exact) mass is 394 g/mol. The van der Waals surface area contributed by atoms with Crippen LogP contribution < -0.4 is 10.1 Å². The first-order chi connectivity index (χ1) is 12.2. The fraction of sp³-hybridized carbons (Fsp3) is 0.263. The minimum atomic E-state index is -1.14. The zero-order valence-electron chi connectivity index (χ0n) is 14.8. The number of ether oxygens (including phenoxy) is 1. The van der Waals surface area contributed by atoms with Gasteiger partial charge in [-0.3, -0.25) is 9.59 Å². The molecule has 7 heteroatoms. The zero-order chi connectivity index (χ0) is 19.3. The number of carbonyl (C=O) groups excluding carboxylic acids is 2. The number of halogens is 2. The minimum Gasteiger partial charge on any atom is -0.478 e. The molecular formula is C19H20Cl2N2O3. The Labute approximate surface area is 162 Å². The fourth-order valence-corrected chi connectivity index (χ4v) is 2.57. The molecule has 0 aromatic heterocycles. The Kier molecular flexibility index (Phi) is 6.51. The SMILES string of the molecule is CN(CC(=O)Nc1ccc(Cl)cc1)C(=O)C(C)(C)Oc1ccc(Cl)cc1. The van der Waals surface area contributed by atoms with Crippen molar-refractivity contribution in [2.75, 3.05) is 18.9 Å². The molecule has 0 saturated heterocycles. The number of carbonyl (C=O) groups is 2. The zero-order valence-corrected chi connectivity index (χ0v) is 16.3. The van der Waals surface area contributed by atoms with Gasteiger partial charge in [-0.05, 0) is 62.4 Å². The first-order valence-electron chi connectivity index (χ1n) is 7.93. The topological polar surface area (TPSA) is 58.6 Å². The predicted molar refractivity (Wildman–Crippen MR) is 104 cm³/mol. The Morgan fingerprint density at radius 1 is 1.00 bits per heavy atom. The smallest absolute Gasteiger partial charge is 0.266 e. The van der Waals surface area contributed by atoms with E-state index < -0.39 is 5.60 Å². The van der Waals surface area contributed by atoms with E-state index in [-0.39, 0.29) is 18.4 Å². The van der Waals surface area contributed by atoms with Crippen molar-refractivity contribution in [2.45, 2.75) is 19.4 Å². The number of nitrogens with zero attached hydrogens (tertiary/aromatic N) is 1. The highest BCUT2D eigenvalue weighted by atomic mass is 35.5. The molecule has 0 aliphatic carbocycles. The molecule has 0 atom stereocenters. The Morgan fingerprint density at radius 3 is 2.04 bits per heavy atom. The highest BCUT2D eigenvalue weighted by Crippen LogP contribution is 2.22. The summed E-state index contributed by atoms with van der Waals surface area (Å²) in [6, 6.07) is 13.5. The number of amides is 2. The van der Waals surface area contributed by atoms with E-state index in [0.29, 0.717) is 21.5 Å². The molecule has 0 aliphatic rings. The van der Waals surface area contributed by atoms with Crippen LogP contribution in [0, 0.1) is 0 Å². The highest BCUT2D eigenvalue weighted by molar-refractivity contribution is 6.30. The van der Waals surface area contributed by atoms with Gasteiger partial charge in [0, 0.05) is 22.8 Å². The molecule has 0 heterocycles. The van der Waals surface area contributed by atoms with Crippen molar-refractivity contribution in [3.63, 3.8) is 0 Å². The number of nitrogens with one attached hydrogen (secondary N) is 1. The van der Waals surface area contributed by atoms with Gasteiger partial charge in [-0.25, -0.2) is 0 Å². The number of anilines is 1. The van der Waals surface area contributed by atoms with Crippen LogP contribution in [0.3, 0.4) is 0 Å². The van der Waals surface area contributed by atoms with Crippen molar-refractivity contribution in [3.8, 4) is 5.75 Å². The largest absolute Gasteiger partial charge is 0.478 e. The van der Waals surface area contributed by atoms with Crippen molar-refractivity contribution >= 4 is 40.7 Å². The van der Waals surface area contributed by atoms with E-state index in [0.717, 1.165) is 0 Å². The van der Waals surface area contributed by atoms with Crippen molar-refractivity contribution in [1.82, 2.24) is 4.90 Å². The Balaban J connectivity index is 1.95. The molecule has 5 nitrogen and oxygen atoms in total. The summed E-state index contributed by atoms with van der Waals surface area (Å²) in [5.74, 6) is -0.115. The number of benzene rings is 2. The summed E-state index contributed by atoms with van der Waals surface area (Å²) >= 11 is 11.7. The predicted octanol–water partition coefficient (Wildman–Crippen LogP) is 4.25. The lowest BCUT2D eigenvalue weighted by atomic mass is 10.1. The maximum Gasteiger partial charge on any atom is 0.266 e. The first kappa shape index (κ1) is 20.1. The highest BCUT2D eigenvalue weighted by Gasteiger charge is 2.33. The number of likely N-dealkylation sites (N-methyl/N-ethyl adjacent to an activating group) is 1. The third-order valence-electron chi connectivity index (χ3n) is 3.56. The number of hydrogen-bond acceptors (Lipinski definition) is 3. The van der Waals surface area contributed by atoms with Gasteiger partial charge in [0.2, 0.25) is 5.91 Å². The van der Waals surface area contributed by atoms with Crippen LogP contribution in [0.5, 0.6) is 5.75 Å². The van der Waals surface area contributed by atoms with Gasteiger partial charge >= 0.3 is 0 Å². The molecule has 2 amide bonds. The van der Waals surface area contributed by atoms with Crippen molar-refractivity contribution in [1.29, 1.82) is 0 Å². The van der Waals surface area contributed by atoms with Crippen LogP contribution in [0.25, 0.3) is 0 Å². The van der Waals surface area contributed by atoms with Crippen molar-refractivity contribution in [2.24, 2.45) is 0 Å². The lowest BCUT2D eigenvalue weighted by Gasteiger charge is -2.29. The summed E-state index contributed by atoms with van der Waals surface area (Å²) in [6.45, 7) is 3.20. The molecule has 1 N–H and O–H groups in total. The van der Waals surface area contributed by atoms with E-state index in [1.165, 1.54) is 4.90 Å². The van der Waals surface area contributed by atoms with Gasteiger partial charge in [-0.2, -0.15) is 0 Å². The molecule has 2 rings (SSSR count). The third kappa shape index (κ3) is 5.64. The van der Waals surface area contributed by atoms with Crippen LogP contribution in [0.4, 0.5) is 5.69 Å². The molecule has 0 radical (unpaired) electrons. The van der Waals surface area contributed by atoms with Crippen LogP contribution in [-0.4, -0.2) is 35.9 Å². The van der Waals surface area contributed by atoms with Gasteiger partial charge < -0.3 is 15.0 Å². The number of hydrogen-bond donors (Lipinski definition) is 1. The summed E-state index contributed by atoms with van der Waals surface area (Å²) in [5.41, 5.74) is -0.528. The van der Waals surface area contributed by atoms with Gasteiger partial charge in [0.15, 0.2) is 5.60 Å². The summed E-state index contributed by atoms with van der Waals surface area (Å²) in [7, 11) is 1.55. The molecule has 2 aromatic carbocycles. The van der Waals surface area contributed by atoms with Gasteiger partial charge in [-0.15, -0.1) is 0 Å². The first-order valence-corrected chi connectivity index (χ1v) is 8.68. The Hall–Kier alpha value is -2.24. The van der Waals surface area contributed by atoms with Gasteiger partial charge in [-0.1, -0.05) is 23.2 Å². The van der Waals surface area contributed by atoms with Crippen LogP contribution in [-0.2, 0) is 9.59 Å². The van der Waals surface area contributed by atoms with Crippen LogP contribution >= 0.6 is 23.2 Å². The average Bonchev–Trinajstić information content (AvgIpc) is 2.58. The second kappa shape index (κ2) is 8.43. The molecule has 0 fully saturated rings. The molecule has 138 valence electrons. The number of rotatable bonds is 6. The molecular weight excluding hydrogens is 375 g/mol. The maximum atomic E-state index is 12.6. The summed E-state index contributed by atoms with van der Waals surface area (Å²) in [4.78, 5) is 26.1. The fourth-order valence-electron chi connectivity index (χ4n) is 2.32. The summed E-state index contributed by atoms with van der Waals surface area (Å²) in [5, 5.41) is 3.88. The lowest BCUT2D eigenvalue weighted by molar-refractivity contribution is -0.145. The van der Waals surface area contributed by atoms with E-state index in [1.807, 2.05) is 0 Å². The van der Waals surface area contributed by atoms with E-state index in [2.05, 4.69) is 5.32 Å². The quantitative estimate of drug-likeness (QED) is 0.796. The van der Waals surface area contributed by atoms with E-state index in [4.69, 9.17) is 27.9 Å². The van der Waals surface area contributed by atoms with Crippen LogP contribution in [0.2, 0.25) is 10.0 Å². The molecule has 0 bridgehead atoms. The summed E-state index contributed by atoms with van der Waals surface area (Å²) in [6.07, 6.45) is 0. The van der Waals surface area contributed by atoms with Crippen molar-refractivity contribution < 1.29 is 14.3 Å².